The molecule has 1 saturated heterocycles. The van der Waals surface area contributed by atoms with Gasteiger partial charge in [0.25, 0.3) is 6.47 Å². The average Bonchev–Trinajstić information content (AvgIpc) is 2.80. The van der Waals surface area contributed by atoms with Crippen molar-refractivity contribution < 1.29 is 23.4 Å². The normalized spacial score (nSPS) is 15.4. The van der Waals surface area contributed by atoms with E-state index in [0.29, 0.717) is 35.8 Å². The molecule has 6 nitrogen and oxygen atoms in total. The Kier molecular flexibility index (Phi) is 7.89. The van der Waals surface area contributed by atoms with Gasteiger partial charge >= 0.3 is 0 Å². The molecule has 0 radical (unpaired) electrons. The summed E-state index contributed by atoms with van der Waals surface area (Å²) >= 11 is 0. The van der Waals surface area contributed by atoms with Crippen molar-refractivity contribution in [2.24, 2.45) is 0 Å². The Bertz CT molecular complexity index is 924. The van der Waals surface area contributed by atoms with Crippen LogP contribution in [0, 0.1) is 5.82 Å². The number of rotatable bonds is 9. The molecular formula is C24H29FN2O4. The van der Waals surface area contributed by atoms with E-state index in [4.69, 9.17) is 14.2 Å². The first kappa shape index (κ1) is 22.6. The zero-order valence-corrected chi connectivity index (χ0v) is 18.2. The zero-order valence-electron chi connectivity index (χ0n) is 18.2. The van der Waals surface area contributed by atoms with Crippen molar-refractivity contribution in [3.63, 3.8) is 0 Å². The fourth-order valence-corrected chi connectivity index (χ4v) is 3.80. The number of benzene rings is 2. The summed E-state index contributed by atoms with van der Waals surface area (Å²) in [7, 11) is 3.13. The summed E-state index contributed by atoms with van der Waals surface area (Å²) in [6.45, 7) is 4.65. The summed E-state index contributed by atoms with van der Waals surface area (Å²) in [5, 5.41) is 3.58. The van der Waals surface area contributed by atoms with Crippen LogP contribution in [-0.4, -0.2) is 44.7 Å². The Morgan fingerprint density at radius 3 is 2.42 bits per heavy atom. The van der Waals surface area contributed by atoms with Crippen LogP contribution >= 0.6 is 0 Å². The summed E-state index contributed by atoms with van der Waals surface area (Å²) in [6, 6.07) is 10.6. The fraction of sp³-hybridized carbons (Fsp3) is 0.375. The molecule has 0 bridgehead atoms. The van der Waals surface area contributed by atoms with Gasteiger partial charge in [-0.15, -0.1) is 0 Å². The van der Waals surface area contributed by atoms with E-state index in [1.54, 1.807) is 31.4 Å². The second-order valence-corrected chi connectivity index (χ2v) is 7.43. The first-order valence-electron chi connectivity index (χ1n) is 10.3. The minimum Gasteiger partial charge on any atom is -0.497 e. The van der Waals surface area contributed by atoms with Gasteiger partial charge in [0.05, 0.1) is 14.2 Å². The van der Waals surface area contributed by atoms with Crippen molar-refractivity contribution in [2.45, 2.75) is 32.4 Å². The van der Waals surface area contributed by atoms with Gasteiger partial charge in [-0.05, 0) is 44.0 Å². The number of likely N-dealkylation sites (tertiary alicyclic amines) is 1. The van der Waals surface area contributed by atoms with Crippen LogP contribution in [0.1, 0.15) is 30.9 Å². The summed E-state index contributed by atoms with van der Waals surface area (Å²) in [4.78, 5) is 13.2. The maximum atomic E-state index is 14.3. The van der Waals surface area contributed by atoms with Gasteiger partial charge in [0.2, 0.25) is 0 Å². The molecule has 1 fully saturated rings. The van der Waals surface area contributed by atoms with Gasteiger partial charge in [0, 0.05) is 48.6 Å². The number of nitrogens with zero attached hydrogens (tertiary/aromatic N) is 1. The Balaban J connectivity index is 1.62. The van der Waals surface area contributed by atoms with Crippen LogP contribution in [0.5, 0.6) is 17.2 Å². The third-order valence-electron chi connectivity index (χ3n) is 5.54. The monoisotopic (exact) mass is 428 g/mol. The van der Waals surface area contributed by atoms with Gasteiger partial charge in [-0.1, -0.05) is 12.1 Å². The van der Waals surface area contributed by atoms with Gasteiger partial charge in [0.15, 0.2) is 0 Å². The molecule has 31 heavy (non-hydrogen) atoms. The van der Waals surface area contributed by atoms with E-state index < -0.39 is 0 Å². The van der Waals surface area contributed by atoms with Crippen molar-refractivity contribution >= 4 is 12.2 Å². The summed E-state index contributed by atoms with van der Waals surface area (Å²) in [6.07, 6.45) is 3.80. The van der Waals surface area contributed by atoms with Crippen LogP contribution in [0.2, 0.25) is 0 Å². The highest BCUT2D eigenvalue weighted by Gasteiger charge is 2.22. The number of allylic oxidation sites excluding steroid dienone is 1. The lowest BCUT2D eigenvalue weighted by Crippen LogP contribution is -2.41. The van der Waals surface area contributed by atoms with Gasteiger partial charge in [0.1, 0.15) is 23.1 Å². The van der Waals surface area contributed by atoms with Crippen molar-refractivity contribution in [2.75, 3.05) is 27.3 Å². The second-order valence-electron chi connectivity index (χ2n) is 7.43. The number of piperidine rings is 1. The fourth-order valence-electron chi connectivity index (χ4n) is 3.80. The highest BCUT2D eigenvalue weighted by atomic mass is 19.1. The highest BCUT2D eigenvalue weighted by Crippen LogP contribution is 2.30. The standard InChI is InChI=1S/C24H29FN2O4/c1-4-23(21-13-19(29-2)7-8-24(21)31-16-28)26-18-9-11-27(12-10-18)15-17-5-6-20(30-3)14-22(17)25/h4-8,13-14,16,18,26H,9-12,15H2,1-3H3/b23-4+. The number of carbonyl (C=O) groups is 1. The van der Waals surface area contributed by atoms with Crippen molar-refractivity contribution in [1.82, 2.24) is 10.2 Å². The van der Waals surface area contributed by atoms with E-state index in [0.717, 1.165) is 37.2 Å². The Morgan fingerprint density at radius 2 is 1.81 bits per heavy atom. The number of hydrogen-bond donors (Lipinski definition) is 1. The molecule has 166 valence electrons. The summed E-state index contributed by atoms with van der Waals surface area (Å²) in [5.74, 6) is 1.45. The lowest BCUT2D eigenvalue weighted by Gasteiger charge is -2.33. The highest BCUT2D eigenvalue weighted by molar-refractivity contribution is 5.72. The quantitative estimate of drug-likeness (QED) is 0.610. The topological polar surface area (TPSA) is 60.0 Å². The first-order chi connectivity index (χ1) is 15.1. The molecule has 2 aromatic carbocycles. The van der Waals surface area contributed by atoms with Crippen molar-refractivity contribution in [3.05, 3.63) is 59.4 Å². The molecule has 1 aliphatic rings. The number of nitrogens with one attached hydrogen (secondary N) is 1. The summed E-state index contributed by atoms with van der Waals surface area (Å²) in [5.41, 5.74) is 2.33. The third kappa shape index (κ3) is 5.76. The van der Waals surface area contributed by atoms with Crippen LogP contribution in [0.3, 0.4) is 0 Å². The molecule has 1 N–H and O–H groups in total. The lowest BCUT2D eigenvalue weighted by molar-refractivity contribution is -0.120. The number of methoxy groups -OCH3 is 2. The molecule has 2 aromatic rings. The lowest BCUT2D eigenvalue weighted by atomic mass is 10.0. The SMILES string of the molecule is C/C=C(/NC1CCN(Cc2ccc(OC)cc2F)CC1)c1cc(OC)ccc1OC=O. The van der Waals surface area contributed by atoms with E-state index >= 15 is 0 Å². The van der Waals surface area contributed by atoms with E-state index in [9.17, 15) is 9.18 Å². The zero-order chi connectivity index (χ0) is 22.2. The molecule has 1 heterocycles. The number of ether oxygens (including phenoxy) is 3. The first-order valence-corrected chi connectivity index (χ1v) is 10.3. The maximum absolute atomic E-state index is 14.3. The molecule has 0 spiro atoms. The van der Waals surface area contributed by atoms with Gasteiger partial charge in [-0.25, -0.2) is 4.39 Å². The molecule has 7 heteroatoms. The Labute approximate surface area is 182 Å². The van der Waals surface area contributed by atoms with Crippen LogP contribution < -0.4 is 19.5 Å². The molecule has 0 amide bonds. The minimum absolute atomic E-state index is 0.239. The average molecular weight is 429 g/mol. The van der Waals surface area contributed by atoms with E-state index in [-0.39, 0.29) is 11.9 Å². The molecule has 1 aliphatic heterocycles. The number of halogens is 1. The minimum atomic E-state index is -0.239. The van der Waals surface area contributed by atoms with Crippen LogP contribution in [0.25, 0.3) is 5.70 Å². The van der Waals surface area contributed by atoms with Crippen LogP contribution in [0.15, 0.2) is 42.5 Å². The largest absolute Gasteiger partial charge is 0.497 e. The Morgan fingerprint density at radius 1 is 1.13 bits per heavy atom. The second kappa shape index (κ2) is 10.8. The van der Waals surface area contributed by atoms with Crippen molar-refractivity contribution in [1.29, 1.82) is 0 Å². The van der Waals surface area contributed by atoms with Crippen LogP contribution in [0.4, 0.5) is 4.39 Å². The van der Waals surface area contributed by atoms with E-state index in [1.165, 1.54) is 13.2 Å². The van der Waals surface area contributed by atoms with Crippen molar-refractivity contribution in [3.8, 4) is 17.2 Å². The number of hydrogen-bond acceptors (Lipinski definition) is 6. The van der Waals surface area contributed by atoms with Gasteiger partial charge in [-0.2, -0.15) is 0 Å². The molecule has 0 atom stereocenters. The van der Waals surface area contributed by atoms with E-state index in [1.807, 2.05) is 19.1 Å². The molecular weight excluding hydrogens is 399 g/mol. The van der Waals surface area contributed by atoms with E-state index in [2.05, 4.69) is 10.2 Å². The molecule has 3 rings (SSSR count). The Hall–Kier alpha value is -3.06. The maximum Gasteiger partial charge on any atom is 0.298 e. The molecule has 0 saturated carbocycles. The molecule has 0 aliphatic carbocycles. The summed E-state index contributed by atoms with van der Waals surface area (Å²) < 4.78 is 29.8. The molecule has 0 aromatic heterocycles. The predicted octanol–water partition coefficient (Wildman–Crippen LogP) is 3.99. The third-order valence-corrected chi connectivity index (χ3v) is 5.54. The predicted molar refractivity (Wildman–Crippen MR) is 118 cm³/mol. The van der Waals surface area contributed by atoms with Gasteiger partial charge < -0.3 is 19.5 Å². The molecule has 0 unspecified atom stereocenters. The van der Waals surface area contributed by atoms with Gasteiger partial charge in [-0.3, -0.25) is 9.69 Å². The smallest absolute Gasteiger partial charge is 0.298 e. The number of carbonyl (C=O) groups excluding carboxylic acids is 1. The van der Waals surface area contributed by atoms with Crippen LogP contribution in [-0.2, 0) is 11.3 Å².